The van der Waals surface area contributed by atoms with Crippen LogP contribution >= 0.6 is 0 Å². The van der Waals surface area contributed by atoms with E-state index >= 15 is 0 Å². The molecule has 0 heterocycles. The van der Waals surface area contributed by atoms with Gasteiger partial charge >= 0.3 is 5.69 Å². The lowest BCUT2D eigenvalue weighted by molar-refractivity contribution is -0.383. The van der Waals surface area contributed by atoms with Crippen molar-refractivity contribution in [3.63, 3.8) is 0 Å². The number of nitrogens with zero attached hydrogens (tertiary/aromatic N) is 1. The van der Waals surface area contributed by atoms with Crippen molar-refractivity contribution in [2.24, 2.45) is 0 Å². The van der Waals surface area contributed by atoms with E-state index in [4.69, 9.17) is 5.73 Å². The van der Waals surface area contributed by atoms with Gasteiger partial charge in [0.2, 0.25) is 0 Å². The molecule has 0 fully saturated rings. The molecule has 0 radical (unpaired) electrons. The van der Waals surface area contributed by atoms with Gasteiger partial charge < -0.3 is 11.1 Å². The lowest BCUT2D eigenvalue weighted by Crippen LogP contribution is -2.06. The summed E-state index contributed by atoms with van der Waals surface area (Å²) < 4.78 is 26.2. The van der Waals surface area contributed by atoms with E-state index in [2.05, 4.69) is 5.32 Å². The van der Waals surface area contributed by atoms with Gasteiger partial charge in [-0.25, -0.2) is 8.78 Å². The van der Waals surface area contributed by atoms with Crippen molar-refractivity contribution in [1.82, 2.24) is 0 Å². The van der Waals surface area contributed by atoms with E-state index in [1.165, 1.54) is 18.2 Å². The van der Waals surface area contributed by atoms with Crippen molar-refractivity contribution in [3.8, 4) is 0 Å². The summed E-state index contributed by atoms with van der Waals surface area (Å²) in [4.78, 5) is 10.3. The molecule has 2 rings (SSSR count). The second-order valence-corrected chi connectivity index (χ2v) is 4.09. The first-order chi connectivity index (χ1) is 9.49. The van der Waals surface area contributed by atoms with Crippen LogP contribution in [-0.4, -0.2) is 4.92 Å². The smallest absolute Gasteiger partial charge is 0.314 e. The monoisotopic (exact) mass is 279 g/mol. The van der Waals surface area contributed by atoms with Gasteiger partial charge in [-0.05, 0) is 18.2 Å². The summed E-state index contributed by atoms with van der Waals surface area (Å²) in [5.41, 5.74) is 5.66. The number of hydrogen-bond acceptors (Lipinski definition) is 4. The molecule has 104 valence electrons. The maximum atomic E-state index is 13.5. The molecule has 5 nitrogen and oxygen atoms in total. The summed E-state index contributed by atoms with van der Waals surface area (Å²) in [6.07, 6.45) is 0. The highest BCUT2D eigenvalue weighted by atomic mass is 19.1. The van der Waals surface area contributed by atoms with Crippen molar-refractivity contribution in [2.75, 3.05) is 11.1 Å². The molecule has 0 saturated heterocycles. The molecule has 0 spiro atoms. The zero-order chi connectivity index (χ0) is 14.7. The number of nitro groups is 1. The maximum Gasteiger partial charge on any atom is 0.314 e. The molecule has 7 heteroatoms. The lowest BCUT2D eigenvalue weighted by atomic mass is 10.2. The topological polar surface area (TPSA) is 81.2 Å². The Labute approximate surface area is 113 Å². The van der Waals surface area contributed by atoms with Crippen molar-refractivity contribution < 1.29 is 13.7 Å². The number of nitrogens with one attached hydrogen (secondary N) is 1. The molecule has 0 aliphatic carbocycles. The average Bonchev–Trinajstić information content (AvgIpc) is 2.37. The summed E-state index contributed by atoms with van der Waals surface area (Å²) in [6.45, 7) is -0.0175. The number of nitrogen functional groups attached to an aromatic ring is 1. The number of nitro benzene ring substituents is 1. The predicted octanol–water partition coefficient (Wildman–Crippen LogP) is 3.07. The standard InChI is InChI=1S/C13H11F2N3O2/c14-9-5-4-8(10(15)6-9)7-17-12-3-1-2-11(16)13(12)18(19)20/h1-6,17H,7,16H2. The molecule has 0 aromatic heterocycles. The zero-order valence-corrected chi connectivity index (χ0v) is 10.3. The van der Waals surface area contributed by atoms with Crippen molar-refractivity contribution in [3.05, 3.63) is 63.7 Å². The van der Waals surface area contributed by atoms with Crippen LogP contribution in [0.1, 0.15) is 5.56 Å². The van der Waals surface area contributed by atoms with Gasteiger partial charge in [0.25, 0.3) is 0 Å². The fourth-order valence-electron chi connectivity index (χ4n) is 1.76. The Kier molecular flexibility index (Phi) is 3.79. The molecule has 0 atom stereocenters. The molecule has 0 aliphatic rings. The summed E-state index contributed by atoms with van der Waals surface area (Å²) in [5, 5.41) is 13.7. The summed E-state index contributed by atoms with van der Waals surface area (Å²) in [6, 6.07) is 7.57. The Bertz CT molecular complexity index is 662. The van der Waals surface area contributed by atoms with E-state index in [1.54, 1.807) is 6.07 Å². The molecule has 3 N–H and O–H groups in total. The third kappa shape index (κ3) is 2.82. The van der Waals surface area contributed by atoms with Gasteiger partial charge in [-0.1, -0.05) is 12.1 Å². The molecular weight excluding hydrogens is 268 g/mol. The second kappa shape index (κ2) is 5.52. The average molecular weight is 279 g/mol. The third-order valence-electron chi connectivity index (χ3n) is 2.73. The van der Waals surface area contributed by atoms with E-state index in [0.717, 1.165) is 12.1 Å². The van der Waals surface area contributed by atoms with Gasteiger partial charge in [-0.3, -0.25) is 10.1 Å². The summed E-state index contributed by atoms with van der Waals surface area (Å²) in [5.74, 6) is -1.40. The highest BCUT2D eigenvalue weighted by Crippen LogP contribution is 2.30. The van der Waals surface area contributed by atoms with Gasteiger partial charge in [0.05, 0.1) is 4.92 Å². The zero-order valence-electron chi connectivity index (χ0n) is 10.3. The normalized spacial score (nSPS) is 10.3. The molecule has 0 saturated carbocycles. The number of benzene rings is 2. The first-order valence-corrected chi connectivity index (χ1v) is 5.69. The van der Waals surface area contributed by atoms with Crippen LogP contribution in [0.25, 0.3) is 0 Å². The van der Waals surface area contributed by atoms with E-state index < -0.39 is 16.6 Å². The number of anilines is 2. The third-order valence-corrected chi connectivity index (χ3v) is 2.73. The molecular formula is C13H11F2N3O2. The quantitative estimate of drug-likeness (QED) is 0.512. The van der Waals surface area contributed by atoms with Crippen LogP contribution in [-0.2, 0) is 6.54 Å². The first kappa shape index (κ1) is 13.7. The van der Waals surface area contributed by atoms with Crippen LogP contribution in [0.5, 0.6) is 0 Å². The second-order valence-electron chi connectivity index (χ2n) is 4.09. The van der Waals surface area contributed by atoms with Crippen LogP contribution < -0.4 is 11.1 Å². The minimum atomic E-state index is -0.718. The van der Waals surface area contributed by atoms with Crippen LogP contribution in [0.3, 0.4) is 0 Å². The van der Waals surface area contributed by atoms with Gasteiger partial charge in [0, 0.05) is 18.2 Å². The van der Waals surface area contributed by atoms with Crippen molar-refractivity contribution in [1.29, 1.82) is 0 Å². The molecule has 20 heavy (non-hydrogen) atoms. The SMILES string of the molecule is Nc1cccc(NCc2ccc(F)cc2F)c1[N+](=O)[O-]. The number of hydrogen-bond donors (Lipinski definition) is 2. The van der Waals surface area contributed by atoms with Crippen LogP contribution in [0, 0.1) is 21.7 Å². The Morgan fingerprint density at radius 2 is 2.00 bits per heavy atom. The largest absolute Gasteiger partial charge is 0.393 e. The Hall–Kier alpha value is -2.70. The first-order valence-electron chi connectivity index (χ1n) is 5.69. The van der Waals surface area contributed by atoms with Crippen LogP contribution in [0.15, 0.2) is 36.4 Å². The lowest BCUT2D eigenvalue weighted by Gasteiger charge is -2.09. The van der Waals surface area contributed by atoms with E-state index in [0.29, 0.717) is 0 Å². The molecule has 2 aromatic carbocycles. The van der Waals surface area contributed by atoms with Gasteiger partial charge in [0.1, 0.15) is 23.0 Å². The molecule has 0 unspecified atom stereocenters. The fraction of sp³-hybridized carbons (Fsp3) is 0.0769. The number of rotatable bonds is 4. The Balaban J connectivity index is 2.23. The predicted molar refractivity (Wildman–Crippen MR) is 71.2 cm³/mol. The molecule has 0 amide bonds. The molecule has 0 aliphatic heterocycles. The minimum absolute atomic E-state index is 0.0135. The van der Waals surface area contributed by atoms with Crippen LogP contribution in [0.2, 0.25) is 0 Å². The number of halogens is 2. The van der Waals surface area contributed by atoms with Crippen molar-refractivity contribution >= 4 is 17.1 Å². The fourth-order valence-corrected chi connectivity index (χ4v) is 1.76. The van der Waals surface area contributed by atoms with Crippen LogP contribution in [0.4, 0.5) is 25.8 Å². The molecule has 2 aromatic rings. The van der Waals surface area contributed by atoms with E-state index in [9.17, 15) is 18.9 Å². The highest BCUT2D eigenvalue weighted by molar-refractivity contribution is 5.74. The summed E-state index contributed by atoms with van der Waals surface area (Å²) in [7, 11) is 0. The van der Waals surface area contributed by atoms with Gasteiger partial charge in [-0.15, -0.1) is 0 Å². The van der Waals surface area contributed by atoms with E-state index in [1.807, 2.05) is 0 Å². The minimum Gasteiger partial charge on any atom is -0.393 e. The number of nitrogens with two attached hydrogens (primary N) is 1. The van der Waals surface area contributed by atoms with Gasteiger partial charge in [-0.2, -0.15) is 0 Å². The number of para-hydroxylation sites is 1. The molecule has 0 bridgehead atoms. The summed E-state index contributed by atoms with van der Waals surface area (Å²) >= 11 is 0. The van der Waals surface area contributed by atoms with E-state index in [-0.39, 0.29) is 29.2 Å². The van der Waals surface area contributed by atoms with Gasteiger partial charge in [0.15, 0.2) is 0 Å². The van der Waals surface area contributed by atoms with Crippen molar-refractivity contribution in [2.45, 2.75) is 6.54 Å². The maximum absolute atomic E-state index is 13.5. The highest BCUT2D eigenvalue weighted by Gasteiger charge is 2.17. The Morgan fingerprint density at radius 1 is 1.25 bits per heavy atom. The Morgan fingerprint density at radius 3 is 2.65 bits per heavy atom.